The number of Topliss-reactive ketones (excluding diaryl/α,β-unsaturated/α-hetero) is 1. The molecule has 1 aromatic heterocycles. The molecule has 2 heterocycles. The third-order valence-electron chi connectivity index (χ3n) is 4.53. The van der Waals surface area contributed by atoms with Gasteiger partial charge in [-0.05, 0) is 62.8 Å². The molecule has 1 aliphatic heterocycles. The van der Waals surface area contributed by atoms with Gasteiger partial charge in [-0.25, -0.2) is 0 Å². The number of hydrogen-bond acceptors (Lipinski definition) is 3. The first kappa shape index (κ1) is 15.7. The third-order valence-corrected chi connectivity index (χ3v) is 5.68. The molecule has 1 aromatic carbocycles. The Kier molecular flexibility index (Phi) is 5.63. The van der Waals surface area contributed by atoms with Gasteiger partial charge in [-0.2, -0.15) is 0 Å². The van der Waals surface area contributed by atoms with Crippen LogP contribution in [0.4, 0.5) is 0 Å². The van der Waals surface area contributed by atoms with Crippen LogP contribution in [0.5, 0.6) is 0 Å². The largest absolute Gasteiger partial charge is 0.303 e. The van der Waals surface area contributed by atoms with Crippen LogP contribution in [0.3, 0.4) is 0 Å². The fraction of sp³-hybridized carbons (Fsp3) is 0.526. The Morgan fingerprint density at radius 1 is 1.05 bits per heavy atom. The van der Waals surface area contributed by atoms with Crippen LogP contribution in [0, 0.1) is 0 Å². The summed E-state index contributed by atoms with van der Waals surface area (Å²) in [5.41, 5.74) is 0. The Balaban J connectivity index is 1.38. The number of thiophene rings is 1. The molecule has 2 nitrogen and oxygen atoms in total. The van der Waals surface area contributed by atoms with Gasteiger partial charge in [-0.15, -0.1) is 11.3 Å². The van der Waals surface area contributed by atoms with Gasteiger partial charge >= 0.3 is 0 Å². The number of carbonyl (C=O) groups is 1. The lowest BCUT2D eigenvalue weighted by molar-refractivity contribution is 0.0982. The molecule has 118 valence electrons. The number of rotatable bonds is 7. The fourth-order valence-corrected chi connectivity index (χ4v) is 4.25. The highest BCUT2D eigenvalue weighted by atomic mass is 32.1. The average molecular weight is 315 g/mol. The monoisotopic (exact) mass is 315 g/mol. The van der Waals surface area contributed by atoms with Crippen LogP contribution in [0.2, 0.25) is 0 Å². The number of fused-ring (bicyclic) bond motifs is 1. The van der Waals surface area contributed by atoms with E-state index in [1.165, 1.54) is 61.8 Å². The quantitative estimate of drug-likeness (QED) is 0.521. The van der Waals surface area contributed by atoms with Crippen molar-refractivity contribution in [3.05, 3.63) is 35.2 Å². The molecular weight excluding hydrogens is 290 g/mol. The van der Waals surface area contributed by atoms with E-state index in [0.29, 0.717) is 12.2 Å². The molecule has 0 atom stereocenters. The summed E-state index contributed by atoms with van der Waals surface area (Å²) in [7, 11) is 0. The van der Waals surface area contributed by atoms with Crippen molar-refractivity contribution < 1.29 is 4.79 Å². The zero-order valence-electron chi connectivity index (χ0n) is 13.2. The van der Waals surface area contributed by atoms with E-state index in [1.54, 1.807) is 11.3 Å². The van der Waals surface area contributed by atoms with Gasteiger partial charge in [0.2, 0.25) is 0 Å². The van der Waals surface area contributed by atoms with Crippen LogP contribution in [0.25, 0.3) is 10.1 Å². The highest BCUT2D eigenvalue weighted by molar-refractivity contribution is 7.20. The SMILES string of the molecule is O=C(CCCCCN1CCCCC1)c1cc2ccccc2s1. The van der Waals surface area contributed by atoms with E-state index in [9.17, 15) is 4.79 Å². The molecule has 0 radical (unpaired) electrons. The minimum atomic E-state index is 0.319. The van der Waals surface area contributed by atoms with Gasteiger partial charge in [0.05, 0.1) is 4.88 Å². The summed E-state index contributed by atoms with van der Waals surface area (Å²) < 4.78 is 1.22. The van der Waals surface area contributed by atoms with Crippen molar-refractivity contribution >= 4 is 27.2 Å². The van der Waals surface area contributed by atoms with Crippen molar-refractivity contribution in [2.75, 3.05) is 19.6 Å². The normalized spacial score (nSPS) is 16.2. The molecule has 0 unspecified atom stereocenters. The summed E-state index contributed by atoms with van der Waals surface area (Å²) >= 11 is 1.63. The number of piperidine rings is 1. The Morgan fingerprint density at radius 2 is 1.86 bits per heavy atom. The van der Waals surface area contributed by atoms with Crippen LogP contribution in [-0.4, -0.2) is 30.3 Å². The van der Waals surface area contributed by atoms with Gasteiger partial charge in [0.1, 0.15) is 0 Å². The second-order valence-corrected chi connectivity index (χ2v) is 7.37. The summed E-state index contributed by atoms with van der Waals surface area (Å²) in [6.45, 7) is 3.78. The maximum atomic E-state index is 12.3. The van der Waals surface area contributed by atoms with Crippen molar-refractivity contribution in [2.45, 2.75) is 44.9 Å². The molecule has 0 aliphatic carbocycles. The standard InChI is InChI=1S/C19H25NOS/c21-17(19-15-16-9-4-5-11-18(16)22-19)10-3-1-6-12-20-13-7-2-8-14-20/h4-5,9,11,15H,1-3,6-8,10,12-14H2. The zero-order chi connectivity index (χ0) is 15.2. The van der Waals surface area contributed by atoms with Crippen LogP contribution in [-0.2, 0) is 0 Å². The Morgan fingerprint density at radius 3 is 2.68 bits per heavy atom. The van der Waals surface area contributed by atoms with Crippen molar-refractivity contribution in [3.63, 3.8) is 0 Å². The van der Waals surface area contributed by atoms with Crippen molar-refractivity contribution in [1.29, 1.82) is 0 Å². The number of nitrogens with zero attached hydrogens (tertiary/aromatic N) is 1. The predicted octanol–water partition coefficient (Wildman–Crippen LogP) is 5.13. The summed E-state index contributed by atoms with van der Waals surface area (Å²) in [5, 5.41) is 1.20. The van der Waals surface area contributed by atoms with E-state index in [1.807, 2.05) is 12.1 Å². The molecule has 1 aliphatic rings. The summed E-state index contributed by atoms with van der Waals surface area (Å²) in [6.07, 6.45) is 8.27. The molecule has 3 rings (SSSR count). The van der Waals surface area contributed by atoms with Crippen molar-refractivity contribution in [2.24, 2.45) is 0 Å². The van der Waals surface area contributed by atoms with E-state index < -0.39 is 0 Å². The number of benzene rings is 1. The maximum Gasteiger partial charge on any atom is 0.172 e. The summed E-state index contributed by atoms with van der Waals surface area (Å²) in [6, 6.07) is 10.3. The number of likely N-dealkylation sites (tertiary alicyclic amines) is 1. The minimum absolute atomic E-state index is 0.319. The highest BCUT2D eigenvalue weighted by Gasteiger charge is 2.11. The molecule has 0 bridgehead atoms. The lowest BCUT2D eigenvalue weighted by atomic mass is 10.1. The van der Waals surface area contributed by atoms with Gasteiger partial charge in [0.15, 0.2) is 5.78 Å². The molecule has 0 saturated carbocycles. The van der Waals surface area contributed by atoms with E-state index in [0.717, 1.165) is 11.3 Å². The van der Waals surface area contributed by atoms with Crippen LogP contribution in [0.15, 0.2) is 30.3 Å². The molecule has 1 saturated heterocycles. The van der Waals surface area contributed by atoms with Gasteiger partial charge < -0.3 is 4.90 Å². The lowest BCUT2D eigenvalue weighted by Gasteiger charge is -2.26. The highest BCUT2D eigenvalue weighted by Crippen LogP contribution is 2.26. The zero-order valence-corrected chi connectivity index (χ0v) is 14.0. The Labute approximate surface area is 137 Å². The molecule has 3 heteroatoms. The molecule has 0 amide bonds. The molecule has 0 spiro atoms. The maximum absolute atomic E-state index is 12.3. The van der Waals surface area contributed by atoms with E-state index in [-0.39, 0.29) is 0 Å². The average Bonchev–Trinajstić information content (AvgIpc) is 2.99. The second-order valence-electron chi connectivity index (χ2n) is 6.28. The molecular formula is C19H25NOS. The Hall–Kier alpha value is -1.19. The van der Waals surface area contributed by atoms with Gasteiger partial charge in [0, 0.05) is 11.1 Å². The second kappa shape index (κ2) is 7.89. The Bertz CT molecular complexity index is 580. The van der Waals surface area contributed by atoms with Gasteiger partial charge in [0.25, 0.3) is 0 Å². The molecule has 0 N–H and O–H groups in total. The predicted molar refractivity (Wildman–Crippen MR) is 94.9 cm³/mol. The third kappa shape index (κ3) is 4.17. The minimum Gasteiger partial charge on any atom is -0.303 e. The van der Waals surface area contributed by atoms with Crippen LogP contribution in [0.1, 0.15) is 54.6 Å². The first-order valence-electron chi connectivity index (χ1n) is 8.57. The van der Waals surface area contributed by atoms with Gasteiger partial charge in [-0.1, -0.05) is 31.0 Å². The molecule has 22 heavy (non-hydrogen) atoms. The molecule has 1 fully saturated rings. The summed E-state index contributed by atoms with van der Waals surface area (Å²) in [4.78, 5) is 15.8. The first-order chi connectivity index (χ1) is 10.8. The number of carbonyl (C=O) groups excluding carboxylic acids is 1. The number of hydrogen-bond donors (Lipinski definition) is 0. The smallest absolute Gasteiger partial charge is 0.172 e. The lowest BCUT2D eigenvalue weighted by Crippen LogP contribution is -2.30. The topological polar surface area (TPSA) is 20.3 Å². The summed E-state index contributed by atoms with van der Waals surface area (Å²) in [5.74, 6) is 0.319. The van der Waals surface area contributed by atoms with Crippen LogP contribution < -0.4 is 0 Å². The first-order valence-corrected chi connectivity index (χ1v) is 9.39. The van der Waals surface area contributed by atoms with Gasteiger partial charge in [-0.3, -0.25) is 4.79 Å². The molecule has 2 aromatic rings. The number of unbranched alkanes of at least 4 members (excludes halogenated alkanes) is 2. The van der Waals surface area contributed by atoms with E-state index in [2.05, 4.69) is 23.1 Å². The van der Waals surface area contributed by atoms with Crippen LogP contribution >= 0.6 is 11.3 Å². The van der Waals surface area contributed by atoms with Crippen molar-refractivity contribution in [1.82, 2.24) is 4.90 Å². The number of ketones is 1. The van der Waals surface area contributed by atoms with E-state index >= 15 is 0 Å². The fourth-order valence-electron chi connectivity index (χ4n) is 3.22. The van der Waals surface area contributed by atoms with Crippen molar-refractivity contribution in [3.8, 4) is 0 Å². The van der Waals surface area contributed by atoms with E-state index in [4.69, 9.17) is 0 Å².